The van der Waals surface area contributed by atoms with Gasteiger partial charge in [-0.25, -0.2) is 9.78 Å². The Kier molecular flexibility index (Phi) is 8.24. The number of benzene rings is 1. The Morgan fingerprint density at radius 1 is 0.860 bits per heavy atom. The number of aromatic nitrogens is 1. The lowest BCUT2D eigenvalue weighted by Gasteiger charge is -2.45. The first-order chi connectivity index (χ1) is 20.0. The molecule has 1 N–H and O–H groups in total. The molecule has 1 saturated carbocycles. The Balaban J connectivity index is 1.51. The Hall–Kier alpha value is -3.23. The van der Waals surface area contributed by atoms with Crippen LogP contribution in [0.25, 0.3) is 0 Å². The standard InChI is InChI=1S/C28H29F9N4O2/c1-15-23(16-9-18(26(29,30)31)12-19(10-16)27(32,33)34)39-25(42)40(15)14-17-11-20(28(35,36)37)13-38-24(17)41(21-3-2-4-21)22-5-7-43-8-6-22/h9-13,15,21-23H,2-8,14H2,1H3,(H,39,42)/t15-,23-/m0/s1. The van der Waals surface area contributed by atoms with Crippen molar-refractivity contribution in [3.63, 3.8) is 0 Å². The third-order valence-corrected chi connectivity index (χ3v) is 8.39. The van der Waals surface area contributed by atoms with Crippen LogP contribution in [-0.2, 0) is 29.8 Å². The fraction of sp³-hybridized carbons (Fsp3) is 0.571. The van der Waals surface area contributed by atoms with Crippen molar-refractivity contribution < 1.29 is 49.0 Å². The van der Waals surface area contributed by atoms with E-state index in [-0.39, 0.29) is 29.5 Å². The minimum absolute atomic E-state index is 0.00533. The maximum atomic E-state index is 13.8. The smallest absolute Gasteiger partial charge is 0.381 e. The molecule has 0 spiro atoms. The van der Waals surface area contributed by atoms with Gasteiger partial charge >= 0.3 is 24.6 Å². The number of urea groups is 1. The third-order valence-electron chi connectivity index (χ3n) is 8.39. The van der Waals surface area contributed by atoms with Gasteiger partial charge in [-0.2, -0.15) is 39.5 Å². The second-order valence-corrected chi connectivity index (χ2v) is 11.2. The van der Waals surface area contributed by atoms with E-state index in [1.165, 1.54) is 6.92 Å². The summed E-state index contributed by atoms with van der Waals surface area (Å²) in [5.41, 5.74) is -4.45. The molecule has 15 heteroatoms. The van der Waals surface area contributed by atoms with Crippen LogP contribution in [0.3, 0.4) is 0 Å². The predicted molar refractivity (Wildman–Crippen MR) is 136 cm³/mol. The molecule has 3 heterocycles. The number of hydrogen-bond donors (Lipinski definition) is 1. The van der Waals surface area contributed by atoms with Crippen molar-refractivity contribution in [2.75, 3.05) is 18.1 Å². The zero-order valence-electron chi connectivity index (χ0n) is 22.9. The Bertz CT molecular complexity index is 1300. The fourth-order valence-electron chi connectivity index (χ4n) is 5.90. The SMILES string of the molecule is C[C@H]1[C@@H](c2cc(C(F)(F)F)cc(C(F)(F)F)c2)NC(=O)N1Cc1cc(C(F)(F)F)cnc1N(C1CCC1)C1CCOCC1. The van der Waals surface area contributed by atoms with Crippen LogP contribution in [-0.4, -0.2) is 47.3 Å². The molecule has 1 aromatic carbocycles. The maximum absolute atomic E-state index is 13.8. The quantitative estimate of drug-likeness (QED) is 0.342. The van der Waals surface area contributed by atoms with E-state index in [9.17, 15) is 44.3 Å². The Labute approximate surface area is 241 Å². The van der Waals surface area contributed by atoms with Gasteiger partial charge in [0, 0.05) is 37.1 Å². The highest BCUT2D eigenvalue weighted by Crippen LogP contribution is 2.41. The molecule has 236 valence electrons. The molecule has 0 radical (unpaired) electrons. The molecule has 0 bridgehead atoms. The highest BCUT2D eigenvalue weighted by atomic mass is 19.4. The van der Waals surface area contributed by atoms with Crippen molar-refractivity contribution in [3.05, 3.63) is 58.3 Å². The van der Waals surface area contributed by atoms with E-state index >= 15 is 0 Å². The van der Waals surface area contributed by atoms with E-state index in [2.05, 4.69) is 10.3 Å². The highest BCUT2D eigenvalue weighted by molar-refractivity contribution is 5.78. The number of halogens is 9. The summed E-state index contributed by atoms with van der Waals surface area (Å²) in [5, 5.41) is 2.43. The molecule has 1 aliphatic carbocycles. The van der Waals surface area contributed by atoms with Gasteiger partial charge in [-0.3, -0.25) is 0 Å². The topological polar surface area (TPSA) is 57.7 Å². The van der Waals surface area contributed by atoms with Crippen molar-refractivity contribution >= 4 is 11.8 Å². The van der Waals surface area contributed by atoms with E-state index < -0.39 is 65.4 Å². The molecule has 3 fully saturated rings. The van der Waals surface area contributed by atoms with Crippen LogP contribution in [0, 0.1) is 0 Å². The lowest BCUT2D eigenvalue weighted by atomic mass is 9.88. The van der Waals surface area contributed by atoms with Gasteiger partial charge in [0.25, 0.3) is 0 Å². The monoisotopic (exact) mass is 624 g/mol. The molecule has 0 unspecified atom stereocenters. The van der Waals surface area contributed by atoms with Crippen LogP contribution in [0.2, 0.25) is 0 Å². The van der Waals surface area contributed by atoms with Gasteiger partial charge in [0.05, 0.1) is 35.3 Å². The van der Waals surface area contributed by atoms with Crippen LogP contribution in [0.15, 0.2) is 30.5 Å². The minimum atomic E-state index is -5.09. The van der Waals surface area contributed by atoms with E-state index in [0.717, 1.165) is 36.4 Å². The number of nitrogens with zero attached hydrogens (tertiary/aromatic N) is 3. The van der Waals surface area contributed by atoms with Crippen LogP contribution in [0.5, 0.6) is 0 Å². The van der Waals surface area contributed by atoms with Crippen molar-refractivity contribution in [2.24, 2.45) is 0 Å². The number of ether oxygens (including phenoxy) is 1. The number of anilines is 1. The minimum Gasteiger partial charge on any atom is -0.381 e. The molecule has 43 heavy (non-hydrogen) atoms. The van der Waals surface area contributed by atoms with E-state index in [1.54, 1.807) is 0 Å². The van der Waals surface area contributed by atoms with Crippen molar-refractivity contribution in [3.8, 4) is 0 Å². The molecular weight excluding hydrogens is 595 g/mol. The van der Waals surface area contributed by atoms with E-state index in [0.29, 0.717) is 38.2 Å². The molecule has 6 nitrogen and oxygen atoms in total. The van der Waals surface area contributed by atoms with Gasteiger partial charge in [0.2, 0.25) is 0 Å². The van der Waals surface area contributed by atoms with Gasteiger partial charge in [-0.15, -0.1) is 0 Å². The summed E-state index contributed by atoms with van der Waals surface area (Å²) < 4.78 is 128. The zero-order chi connectivity index (χ0) is 31.3. The number of amides is 2. The number of hydrogen-bond acceptors (Lipinski definition) is 4. The predicted octanol–water partition coefficient (Wildman–Crippen LogP) is 7.33. The zero-order valence-corrected chi connectivity index (χ0v) is 22.9. The molecule has 2 aliphatic heterocycles. The van der Waals surface area contributed by atoms with Crippen molar-refractivity contribution in [1.29, 1.82) is 0 Å². The molecule has 2 atom stereocenters. The summed E-state index contributed by atoms with van der Waals surface area (Å²) in [4.78, 5) is 20.4. The summed E-state index contributed by atoms with van der Waals surface area (Å²) in [6, 6.07) is -1.20. The summed E-state index contributed by atoms with van der Waals surface area (Å²) in [6.07, 6.45) is -10.4. The summed E-state index contributed by atoms with van der Waals surface area (Å²) in [7, 11) is 0. The largest absolute Gasteiger partial charge is 0.417 e. The van der Waals surface area contributed by atoms with Crippen molar-refractivity contribution in [1.82, 2.24) is 15.2 Å². The summed E-state index contributed by atoms with van der Waals surface area (Å²) in [6.45, 7) is 1.95. The second kappa shape index (κ2) is 11.4. The van der Waals surface area contributed by atoms with Gasteiger partial charge in [-0.1, -0.05) is 0 Å². The van der Waals surface area contributed by atoms with Gasteiger partial charge < -0.3 is 19.9 Å². The maximum Gasteiger partial charge on any atom is 0.417 e. The lowest BCUT2D eigenvalue weighted by Crippen LogP contribution is -2.50. The van der Waals surface area contributed by atoms with Crippen LogP contribution in [0.1, 0.15) is 72.9 Å². The average molecular weight is 625 g/mol. The molecule has 2 saturated heterocycles. The van der Waals surface area contributed by atoms with Gasteiger partial charge in [0.1, 0.15) is 5.82 Å². The number of alkyl halides is 9. The van der Waals surface area contributed by atoms with Crippen LogP contribution in [0.4, 0.5) is 50.1 Å². The number of carbonyl (C=O) groups is 1. The first kappa shape index (κ1) is 31.2. The average Bonchev–Trinajstić information content (AvgIpc) is 3.18. The van der Waals surface area contributed by atoms with E-state index in [1.807, 2.05) is 4.90 Å². The fourth-order valence-corrected chi connectivity index (χ4v) is 5.90. The van der Waals surface area contributed by atoms with E-state index in [4.69, 9.17) is 4.74 Å². The molecular formula is C28H29F9N4O2. The Morgan fingerprint density at radius 3 is 1.93 bits per heavy atom. The van der Waals surface area contributed by atoms with Crippen molar-refractivity contribution in [2.45, 2.75) is 88.3 Å². The normalized spacial score (nSPS) is 22.5. The molecule has 1 aromatic heterocycles. The lowest BCUT2D eigenvalue weighted by molar-refractivity contribution is -0.143. The first-order valence-corrected chi connectivity index (χ1v) is 13.8. The highest BCUT2D eigenvalue weighted by Gasteiger charge is 2.43. The summed E-state index contributed by atoms with van der Waals surface area (Å²) in [5.74, 6) is 0.270. The third kappa shape index (κ3) is 6.50. The van der Waals surface area contributed by atoms with Gasteiger partial charge in [0.15, 0.2) is 0 Å². The number of pyridine rings is 1. The van der Waals surface area contributed by atoms with Crippen LogP contribution < -0.4 is 10.2 Å². The first-order valence-electron chi connectivity index (χ1n) is 13.8. The molecule has 2 amide bonds. The van der Waals surface area contributed by atoms with Crippen LogP contribution >= 0.6 is 0 Å². The van der Waals surface area contributed by atoms with Gasteiger partial charge in [-0.05, 0) is 68.9 Å². The Morgan fingerprint density at radius 2 is 1.42 bits per heavy atom. The number of rotatable bonds is 6. The molecule has 2 aromatic rings. The number of carbonyl (C=O) groups excluding carboxylic acids is 1. The second-order valence-electron chi connectivity index (χ2n) is 11.2. The number of nitrogens with one attached hydrogen (secondary N) is 1. The molecule has 5 rings (SSSR count). The molecule has 3 aliphatic rings. The summed E-state index contributed by atoms with van der Waals surface area (Å²) >= 11 is 0.